The number of aromatic nitrogens is 2. The summed E-state index contributed by atoms with van der Waals surface area (Å²) in [4.78, 5) is 2.40. The quantitative estimate of drug-likeness (QED) is 0.786. The third-order valence-electron chi connectivity index (χ3n) is 2.98. The number of hydrogen-bond donors (Lipinski definition) is 1. The molecule has 0 amide bonds. The molecule has 1 atom stereocenters. The van der Waals surface area contributed by atoms with E-state index < -0.39 is 0 Å². The van der Waals surface area contributed by atoms with Crippen LogP contribution in [0, 0.1) is 0 Å². The lowest BCUT2D eigenvalue weighted by atomic mass is 10.2. The molecule has 5 nitrogen and oxygen atoms in total. The Bertz CT molecular complexity index is 326. The maximum atomic E-state index is 5.72. The zero-order valence-corrected chi connectivity index (χ0v) is 9.80. The number of likely N-dealkylation sites (N-methyl/N-ethyl adjacent to an activating group) is 1. The van der Waals surface area contributed by atoms with E-state index in [0.717, 1.165) is 38.3 Å². The van der Waals surface area contributed by atoms with Gasteiger partial charge in [0.25, 0.3) is 0 Å². The number of nitrogens with two attached hydrogens (primary N) is 1. The van der Waals surface area contributed by atoms with Crippen LogP contribution >= 0.6 is 0 Å². The van der Waals surface area contributed by atoms with E-state index in [2.05, 4.69) is 16.9 Å². The molecule has 1 fully saturated rings. The first-order chi connectivity index (χ1) is 7.81. The average Bonchev–Trinajstić information content (AvgIpc) is 2.77. The van der Waals surface area contributed by atoms with Crippen molar-refractivity contribution >= 4 is 0 Å². The molecule has 1 aliphatic rings. The fraction of sp³-hybridized carbons (Fsp3) is 0.727. The summed E-state index contributed by atoms with van der Waals surface area (Å²) in [7, 11) is 0. The van der Waals surface area contributed by atoms with Gasteiger partial charge in [0.1, 0.15) is 0 Å². The molecule has 2 rings (SSSR count). The minimum absolute atomic E-state index is 0.249. The predicted octanol–water partition coefficient (Wildman–Crippen LogP) is 0.0625. The molecule has 5 heteroatoms. The SMILES string of the molecule is CCN1CCOC(Cn2cc(CN)cn2)C1. The molecular formula is C11H20N4O. The first kappa shape index (κ1) is 11.6. The normalized spacial score (nSPS) is 22.5. The Morgan fingerprint density at radius 3 is 3.19 bits per heavy atom. The van der Waals surface area contributed by atoms with Gasteiger partial charge in [-0.2, -0.15) is 5.10 Å². The van der Waals surface area contributed by atoms with Crippen LogP contribution in [0.25, 0.3) is 0 Å². The first-order valence-electron chi connectivity index (χ1n) is 5.87. The summed E-state index contributed by atoms with van der Waals surface area (Å²) in [5.74, 6) is 0. The van der Waals surface area contributed by atoms with Gasteiger partial charge in [-0.3, -0.25) is 9.58 Å². The summed E-state index contributed by atoms with van der Waals surface area (Å²) >= 11 is 0. The zero-order valence-electron chi connectivity index (χ0n) is 9.80. The lowest BCUT2D eigenvalue weighted by molar-refractivity contribution is -0.0358. The van der Waals surface area contributed by atoms with E-state index >= 15 is 0 Å². The van der Waals surface area contributed by atoms with Gasteiger partial charge in [0.05, 0.1) is 25.5 Å². The third-order valence-corrected chi connectivity index (χ3v) is 2.98. The number of nitrogens with zero attached hydrogens (tertiary/aromatic N) is 3. The van der Waals surface area contributed by atoms with E-state index in [0.29, 0.717) is 6.54 Å². The number of morpholine rings is 1. The van der Waals surface area contributed by atoms with Gasteiger partial charge in [0, 0.05) is 31.4 Å². The summed E-state index contributed by atoms with van der Waals surface area (Å²) in [6.45, 7) is 7.50. The van der Waals surface area contributed by atoms with Crippen molar-refractivity contribution in [1.29, 1.82) is 0 Å². The Kier molecular flexibility index (Phi) is 3.93. The van der Waals surface area contributed by atoms with Crippen LogP contribution < -0.4 is 5.73 Å². The van der Waals surface area contributed by atoms with Crippen molar-refractivity contribution in [2.75, 3.05) is 26.2 Å². The second kappa shape index (κ2) is 5.43. The molecule has 1 aromatic heterocycles. The Hall–Kier alpha value is -0.910. The second-order valence-electron chi connectivity index (χ2n) is 4.16. The van der Waals surface area contributed by atoms with Crippen LogP contribution in [0.5, 0.6) is 0 Å². The molecule has 0 saturated carbocycles. The van der Waals surface area contributed by atoms with Crippen LogP contribution in [-0.4, -0.2) is 47.0 Å². The van der Waals surface area contributed by atoms with Crippen molar-refractivity contribution in [2.24, 2.45) is 5.73 Å². The summed E-state index contributed by atoms with van der Waals surface area (Å²) in [6.07, 6.45) is 4.06. The van der Waals surface area contributed by atoms with Gasteiger partial charge in [-0.25, -0.2) is 0 Å². The molecule has 0 radical (unpaired) electrons. The van der Waals surface area contributed by atoms with E-state index in [1.165, 1.54) is 0 Å². The Morgan fingerprint density at radius 2 is 2.50 bits per heavy atom. The van der Waals surface area contributed by atoms with E-state index in [9.17, 15) is 0 Å². The van der Waals surface area contributed by atoms with Gasteiger partial charge >= 0.3 is 0 Å². The molecule has 90 valence electrons. The summed E-state index contributed by atoms with van der Waals surface area (Å²) in [5, 5.41) is 4.27. The highest BCUT2D eigenvalue weighted by molar-refractivity contribution is 5.02. The maximum Gasteiger partial charge on any atom is 0.0898 e. The van der Waals surface area contributed by atoms with Crippen LogP contribution in [0.1, 0.15) is 12.5 Å². The number of ether oxygens (including phenoxy) is 1. The fourth-order valence-corrected chi connectivity index (χ4v) is 2.00. The summed E-state index contributed by atoms with van der Waals surface area (Å²) in [5.41, 5.74) is 6.62. The summed E-state index contributed by atoms with van der Waals surface area (Å²) in [6, 6.07) is 0. The molecule has 1 saturated heterocycles. The highest BCUT2D eigenvalue weighted by atomic mass is 16.5. The van der Waals surface area contributed by atoms with Gasteiger partial charge in [0.15, 0.2) is 0 Å². The lowest BCUT2D eigenvalue weighted by Crippen LogP contribution is -2.44. The fourth-order valence-electron chi connectivity index (χ4n) is 2.00. The van der Waals surface area contributed by atoms with E-state index in [-0.39, 0.29) is 6.10 Å². The van der Waals surface area contributed by atoms with Crippen molar-refractivity contribution in [3.63, 3.8) is 0 Å². The molecular weight excluding hydrogens is 204 g/mol. The van der Waals surface area contributed by atoms with Gasteiger partial charge < -0.3 is 10.5 Å². The van der Waals surface area contributed by atoms with Gasteiger partial charge in [-0.1, -0.05) is 6.92 Å². The van der Waals surface area contributed by atoms with Gasteiger partial charge in [0.2, 0.25) is 0 Å². The van der Waals surface area contributed by atoms with Gasteiger partial charge in [-0.05, 0) is 6.54 Å². The van der Waals surface area contributed by atoms with Crippen molar-refractivity contribution < 1.29 is 4.74 Å². The molecule has 0 spiro atoms. The highest BCUT2D eigenvalue weighted by Crippen LogP contribution is 2.07. The van der Waals surface area contributed by atoms with E-state index in [1.807, 2.05) is 17.1 Å². The van der Waals surface area contributed by atoms with Crippen molar-refractivity contribution in [2.45, 2.75) is 26.1 Å². The van der Waals surface area contributed by atoms with Crippen molar-refractivity contribution in [1.82, 2.24) is 14.7 Å². The van der Waals surface area contributed by atoms with E-state index in [4.69, 9.17) is 10.5 Å². The van der Waals surface area contributed by atoms with Crippen LogP contribution in [0.15, 0.2) is 12.4 Å². The number of rotatable bonds is 4. The Balaban J connectivity index is 1.88. The van der Waals surface area contributed by atoms with Crippen LogP contribution in [0.3, 0.4) is 0 Å². The molecule has 16 heavy (non-hydrogen) atoms. The standard InChI is InChI=1S/C11H20N4O/c1-2-14-3-4-16-11(8-14)9-15-7-10(5-12)6-13-15/h6-7,11H,2-5,8-9,12H2,1H3. The maximum absolute atomic E-state index is 5.72. The zero-order chi connectivity index (χ0) is 11.4. The van der Waals surface area contributed by atoms with Crippen molar-refractivity contribution in [3.8, 4) is 0 Å². The monoisotopic (exact) mass is 224 g/mol. The summed E-state index contributed by atoms with van der Waals surface area (Å²) < 4.78 is 7.65. The predicted molar refractivity (Wildman–Crippen MR) is 62.0 cm³/mol. The largest absolute Gasteiger partial charge is 0.374 e. The molecule has 0 aliphatic carbocycles. The molecule has 2 heterocycles. The third kappa shape index (κ3) is 2.81. The first-order valence-corrected chi connectivity index (χ1v) is 5.87. The number of hydrogen-bond acceptors (Lipinski definition) is 4. The molecule has 2 N–H and O–H groups in total. The lowest BCUT2D eigenvalue weighted by Gasteiger charge is -2.31. The highest BCUT2D eigenvalue weighted by Gasteiger charge is 2.19. The molecule has 0 bridgehead atoms. The molecule has 1 unspecified atom stereocenters. The van der Waals surface area contributed by atoms with Gasteiger partial charge in [-0.15, -0.1) is 0 Å². The minimum Gasteiger partial charge on any atom is -0.374 e. The topological polar surface area (TPSA) is 56.3 Å². The van der Waals surface area contributed by atoms with Crippen LogP contribution in [0.4, 0.5) is 0 Å². The van der Waals surface area contributed by atoms with E-state index in [1.54, 1.807) is 0 Å². The Labute approximate surface area is 96.2 Å². The average molecular weight is 224 g/mol. The molecule has 0 aromatic carbocycles. The Morgan fingerprint density at radius 1 is 1.62 bits per heavy atom. The molecule has 1 aromatic rings. The smallest absolute Gasteiger partial charge is 0.0898 e. The minimum atomic E-state index is 0.249. The molecule has 1 aliphatic heterocycles. The van der Waals surface area contributed by atoms with Crippen molar-refractivity contribution in [3.05, 3.63) is 18.0 Å². The van der Waals surface area contributed by atoms with Crippen LogP contribution in [0.2, 0.25) is 0 Å². The second-order valence-corrected chi connectivity index (χ2v) is 4.16. The van der Waals surface area contributed by atoms with Crippen LogP contribution in [-0.2, 0) is 17.8 Å².